The molecule has 1 fully saturated rings. The highest BCUT2D eigenvalue weighted by Crippen LogP contribution is 2.20. The third-order valence-corrected chi connectivity index (χ3v) is 4.11. The number of hydrogen-bond acceptors (Lipinski definition) is 3. The van der Waals surface area contributed by atoms with E-state index in [0.717, 1.165) is 37.9 Å². The third-order valence-electron chi connectivity index (χ3n) is 4.11. The Morgan fingerprint density at radius 1 is 1.59 bits per heavy atom. The number of nitrogens with zero attached hydrogens (tertiary/aromatic N) is 3. The van der Waals surface area contributed by atoms with E-state index in [1.54, 1.807) is 6.08 Å². The van der Waals surface area contributed by atoms with Gasteiger partial charge in [-0.2, -0.15) is 5.10 Å². The minimum Gasteiger partial charge on any atom is -0.368 e. The summed E-state index contributed by atoms with van der Waals surface area (Å²) in [6.07, 6.45) is 9.34. The van der Waals surface area contributed by atoms with Crippen molar-refractivity contribution in [3.8, 4) is 0 Å². The first kappa shape index (κ1) is 16.7. The van der Waals surface area contributed by atoms with Crippen molar-refractivity contribution < 1.29 is 9.53 Å². The standard InChI is InChI=1S/C17H27N3O2/c1-4-5-10-22-15(3)17(21)20-9-7-6-8-16(20)13-19-12-14(2)11-18-19/h4,11-12,15-16H,1,5-10,13H2,2-3H3/t15-,16-/m1/s1. The van der Waals surface area contributed by atoms with Gasteiger partial charge < -0.3 is 9.64 Å². The van der Waals surface area contributed by atoms with Crippen LogP contribution in [0.25, 0.3) is 0 Å². The monoisotopic (exact) mass is 305 g/mol. The molecule has 0 radical (unpaired) electrons. The number of aryl methyl sites for hydroxylation is 1. The Bertz CT molecular complexity index is 498. The predicted octanol–water partition coefficient (Wildman–Crippen LogP) is 2.55. The molecule has 0 aliphatic carbocycles. The van der Waals surface area contributed by atoms with Gasteiger partial charge in [0.25, 0.3) is 5.91 Å². The van der Waals surface area contributed by atoms with E-state index in [0.29, 0.717) is 6.61 Å². The van der Waals surface area contributed by atoms with E-state index >= 15 is 0 Å². The maximum absolute atomic E-state index is 12.6. The van der Waals surface area contributed by atoms with E-state index in [4.69, 9.17) is 4.74 Å². The van der Waals surface area contributed by atoms with Crippen LogP contribution in [0.4, 0.5) is 0 Å². The summed E-state index contributed by atoms with van der Waals surface area (Å²) in [6.45, 7) is 9.67. The molecule has 5 heteroatoms. The first-order valence-electron chi connectivity index (χ1n) is 8.14. The van der Waals surface area contributed by atoms with Crippen molar-refractivity contribution in [2.75, 3.05) is 13.2 Å². The summed E-state index contributed by atoms with van der Waals surface area (Å²) in [5.41, 5.74) is 1.15. The quantitative estimate of drug-likeness (QED) is 0.574. The van der Waals surface area contributed by atoms with E-state index < -0.39 is 0 Å². The molecule has 0 aromatic carbocycles. The molecule has 2 atom stereocenters. The second-order valence-corrected chi connectivity index (χ2v) is 6.01. The highest BCUT2D eigenvalue weighted by atomic mass is 16.5. The fraction of sp³-hybridized carbons (Fsp3) is 0.647. The first-order valence-corrected chi connectivity index (χ1v) is 8.14. The Kier molecular flexibility index (Phi) is 6.19. The average molecular weight is 305 g/mol. The van der Waals surface area contributed by atoms with Crippen LogP contribution < -0.4 is 0 Å². The molecule has 1 amide bonds. The van der Waals surface area contributed by atoms with E-state index in [2.05, 4.69) is 11.7 Å². The van der Waals surface area contributed by atoms with Crippen LogP contribution in [0.15, 0.2) is 25.0 Å². The fourth-order valence-electron chi connectivity index (χ4n) is 2.90. The Hall–Kier alpha value is -1.62. The van der Waals surface area contributed by atoms with Crippen molar-refractivity contribution >= 4 is 5.91 Å². The molecule has 5 nitrogen and oxygen atoms in total. The third kappa shape index (κ3) is 4.44. The lowest BCUT2D eigenvalue weighted by Gasteiger charge is -2.37. The predicted molar refractivity (Wildman–Crippen MR) is 86.5 cm³/mol. The molecule has 0 unspecified atom stereocenters. The van der Waals surface area contributed by atoms with Crippen LogP contribution in [0.1, 0.15) is 38.2 Å². The molecule has 1 aromatic heterocycles. The summed E-state index contributed by atoms with van der Waals surface area (Å²) in [6, 6.07) is 0.214. The SMILES string of the molecule is C=CCCO[C@H](C)C(=O)N1CCCC[C@@H]1Cn1cc(C)cn1. The van der Waals surface area contributed by atoms with Gasteiger partial charge in [0.15, 0.2) is 0 Å². The molecule has 1 aliphatic rings. The van der Waals surface area contributed by atoms with Crippen molar-refractivity contribution in [1.82, 2.24) is 14.7 Å². The van der Waals surface area contributed by atoms with Gasteiger partial charge in [-0.3, -0.25) is 9.48 Å². The van der Waals surface area contributed by atoms with Gasteiger partial charge in [0.2, 0.25) is 0 Å². The van der Waals surface area contributed by atoms with Gasteiger partial charge in [-0.25, -0.2) is 0 Å². The van der Waals surface area contributed by atoms with E-state index in [9.17, 15) is 4.79 Å². The number of ether oxygens (including phenoxy) is 1. The average Bonchev–Trinajstić information content (AvgIpc) is 2.92. The molecule has 1 aromatic rings. The molecule has 0 N–H and O–H groups in total. The number of rotatable bonds is 7. The van der Waals surface area contributed by atoms with E-state index in [1.807, 2.05) is 35.8 Å². The van der Waals surface area contributed by atoms with Crippen LogP contribution in [-0.4, -0.2) is 45.9 Å². The van der Waals surface area contributed by atoms with Crippen LogP contribution in [-0.2, 0) is 16.1 Å². The molecule has 0 spiro atoms. The molecule has 0 saturated carbocycles. The largest absolute Gasteiger partial charge is 0.368 e. The zero-order chi connectivity index (χ0) is 15.9. The zero-order valence-corrected chi connectivity index (χ0v) is 13.7. The normalized spacial score (nSPS) is 19.9. The Morgan fingerprint density at radius 3 is 3.09 bits per heavy atom. The van der Waals surface area contributed by atoms with Crippen molar-refractivity contribution in [1.29, 1.82) is 0 Å². The lowest BCUT2D eigenvalue weighted by molar-refractivity contribution is -0.146. The van der Waals surface area contributed by atoms with Crippen LogP contribution in [0.3, 0.4) is 0 Å². The van der Waals surface area contributed by atoms with Crippen molar-refractivity contribution in [2.24, 2.45) is 0 Å². The first-order chi connectivity index (χ1) is 10.6. The molecular formula is C17H27N3O2. The van der Waals surface area contributed by atoms with Gasteiger partial charge in [-0.1, -0.05) is 6.08 Å². The van der Waals surface area contributed by atoms with Gasteiger partial charge in [0.05, 0.1) is 25.4 Å². The summed E-state index contributed by atoms with van der Waals surface area (Å²) < 4.78 is 7.55. The number of hydrogen-bond donors (Lipinski definition) is 0. The second kappa shape index (κ2) is 8.13. The number of amides is 1. The Labute approximate surface area is 132 Å². The van der Waals surface area contributed by atoms with Gasteiger partial charge >= 0.3 is 0 Å². The van der Waals surface area contributed by atoms with Crippen molar-refractivity contribution in [3.63, 3.8) is 0 Å². The smallest absolute Gasteiger partial charge is 0.251 e. The zero-order valence-electron chi connectivity index (χ0n) is 13.7. The molecule has 0 bridgehead atoms. The van der Waals surface area contributed by atoms with Gasteiger partial charge in [-0.05, 0) is 45.1 Å². The van der Waals surface area contributed by atoms with Crippen LogP contribution in [0.5, 0.6) is 0 Å². The molecule has 2 rings (SSSR count). The number of piperidine rings is 1. The van der Waals surface area contributed by atoms with E-state index in [1.165, 1.54) is 6.42 Å². The van der Waals surface area contributed by atoms with Crippen LogP contribution in [0.2, 0.25) is 0 Å². The minimum atomic E-state index is -0.389. The topological polar surface area (TPSA) is 47.4 Å². The highest BCUT2D eigenvalue weighted by Gasteiger charge is 2.30. The van der Waals surface area contributed by atoms with Crippen LogP contribution in [0, 0.1) is 6.92 Å². The number of likely N-dealkylation sites (tertiary alicyclic amines) is 1. The summed E-state index contributed by atoms with van der Waals surface area (Å²) in [5.74, 6) is 0.0950. The fourth-order valence-corrected chi connectivity index (χ4v) is 2.90. The van der Waals surface area contributed by atoms with Gasteiger partial charge in [-0.15, -0.1) is 6.58 Å². The molecule has 22 heavy (non-hydrogen) atoms. The lowest BCUT2D eigenvalue weighted by atomic mass is 10.0. The molecule has 122 valence electrons. The lowest BCUT2D eigenvalue weighted by Crippen LogP contribution is -2.49. The molecular weight excluding hydrogens is 278 g/mol. The summed E-state index contributed by atoms with van der Waals surface area (Å²) in [7, 11) is 0. The Morgan fingerprint density at radius 2 is 2.41 bits per heavy atom. The van der Waals surface area contributed by atoms with Crippen molar-refractivity contribution in [2.45, 2.75) is 58.2 Å². The van der Waals surface area contributed by atoms with Crippen molar-refractivity contribution in [3.05, 3.63) is 30.6 Å². The number of carbonyl (C=O) groups is 1. The maximum Gasteiger partial charge on any atom is 0.251 e. The number of carbonyl (C=O) groups excluding carboxylic acids is 1. The minimum absolute atomic E-state index is 0.0950. The molecule has 1 saturated heterocycles. The second-order valence-electron chi connectivity index (χ2n) is 6.01. The molecule has 2 heterocycles. The molecule has 1 aliphatic heterocycles. The number of aromatic nitrogens is 2. The maximum atomic E-state index is 12.6. The highest BCUT2D eigenvalue weighted by molar-refractivity contribution is 5.81. The summed E-state index contributed by atoms with van der Waals surface area (Å²) in [4.78, 5) is 14.6. The van der Waals surface area contributed by atoms with Gasteiger partial charge in [0, 0.05) is 12.7 Å². The van der Waals surface area contributed by atoms with E-state index in [-0.39, 0.29) is 18.1 Å². The summed E-state index contributed by atoms with van der Waals surface area (Å²) in [5, 5.41) is 4.35. The van der Waals surface area contributed by atoms with Gasteiger partial charge in [0.1, 0.15) is 6.10 Å². The van der Waals surface area contributed by atoms with Crippen LogP contribution >= 0.6 is 0 Å². The Balaban J connectivity index is 1.96. The summed E-state index contributed by atoms with van der Waals surface area (Å²) >= 11 is 0.